The number of hydrazone groups is 1. The van der Waals surface area contributed by atoms with Gasteiger partial charge in [-0.15, -0.1) is 0 Å². The molecule has 1 aliphatic heterocycles. The van der Waals surface area contributed by atoms with Gasteiger partial charge in [0.1, 0.15) is 0 Å². The summed E-state index contributed by atoms with van der Waals surface area (Å²) in [7, 11) is 1.47. The third-order valence-electron chi connectivity index (χ3n) is 3.56. The van der Waals surface area contributed by atoms with Gasteiger partial charge < -0.3 is 10.0 Å². The summed E-state index contributed by atoms with van der Waals surface area (Å²) in [6.07, 6.45) is 2.39. The highest BCUT2D eigenvalue weighted by atomic mass is 16.4. The van der Waals surface area contributed by atoms with Gasteiger partial charge in [0, 0.05) is 13.6 Å². The van der Waals surface area contributed by atoms with Crippen molar-refractivity contribution in [2.24, 2.45) is 11.0 Å². The highest BCUT2D eigenvalue weighted by Gasteiger charge is 2.25. The van der Waals surface area contributed by atoms with E-state index < -0.39 is 6.09 Å². The van der Waals surface area contributed by atoms with E-state index in [1.165, 1.54) is 12.1 Å². The molecule has 0 aromatic rings. The summed E-state index contributed by atoms with van der Waals surface area (Å²) in [5.41, 5.74) is 0.624. The van der Waals surface area contributed by atoms with Gasteiger partial charge in [0.25, 0.3) is 0 Å². The van der Waals surface area contributed by atoms with Gasteiger partial charge in [0.05, 0.1) is 18.7 Å². The van der Waals surface area contributed by atoms with Gasteiger partial charge >= 0.3 is 6.09 Å². The summed E-state index contributed by atoms with van der Waals surface area (Å²) in [5.74, 6) is 0.591. The van der Waals surface area contributed by atoms with E-state index in [1.54, 1.807) is 0 Å². The van der Waals surface area contributed by atoms with Gasteiger partial charge in [-0.05, 0) is 12.3 Å². The first-order valence-corrected chi connectivity index (χ1v) is 6.78. The Kier molecular flexibility index (Phi) is 5.79. The van der Waals surface area contributed by atoms with Crippen molar-refractivity contribution in [3.05, 3.63) is 0 Å². The molecule has 0 aromatic heterocycles. The molecular formula is C13H23N3O3. The molecule has 19 heavy (non-hydrogen) atoms. The maximum atomic E-state index is 11.8. The predicted octanol–water partition coefficient (Wildman–Crippen LogP) is 2.01. The Balaban J connectivity index is 2.49. The van der Waals surface area contributed by atoms with Gasteiger partial charge in [-0.3, -0.25) is 4.79 Å². The lowest BCUT2D eigenvalue weighted by molar-refractivity contribution is -0.128. The maximum Gasteiger partial charge on any atom is 0.407 e. The third kappa shape index (κ3) is 4.54. The molecule has 6 heteroatoms. The molecule has 108 valence electrons. The number of carbonyl (C=O) groups excluding carboxylic acids is 1. The molecule has 0 spiro atoms. The molecule has 0 radical (unpaired) electrons. The molecule has 1 N–H and O–H groups in total. The average Bonchev–Trinajstić information content (AvgIpc) is 2.71. The summed E-state index contributed by atoms with van der Waals surface area (Å²) < 4.78 is 0. The third-order valence-corrected chi connectivity index (χ3v) is 3.56. The van der Waals surface area contributed by atoms with Crippen LogP contribution in [0.25, 0.3) is 0 Å². The van der Waals surface area contributed by atoms with E-state index in [9.17, 15) is 9.59 Å². The minimum absolute atomic E-state index is 0.0280. The van der Waals surface area contributed by atoms with Crippen LogP contribution in [0.3, 0.4) is 0 Å². The molecule has 1 aliphatic rings. The minimum atomic E-state index is -1.01. The Morgan fingerprint density at radius 2 is 2.11 bits per heavy atom. The summed E-state index contributed by atoms with van der Waals surface area (Å²) in [4.78, 5) is 23.6. The molecular weight excluding hydrogens is 246 g/mol. The van der Waals surface area contributed by atoms with E-state index in [0.717, 1.165) is 24.2 Å². The molecule has 0 aliphatic carbocycles. The number of hydrogen-bond acceptors (Lipinski definition) is 3. The van der Waals surface area contributed by atoms with Crippen LogP contribution < -0.4 is 0 Å². The molecule has 0 atom stereocenters. The smallest absolute Gasteiger partial charge is 0.407 e. The lowest BCUT2D eigenvalue weighted by atomic mass is 10.00. The quantitative estimate of drug-likeness (QED) is 0.768. The van der Waals surface area contributed by atoms with Gasteiger partial charge in [0.15, 0.2) is 0 Å². The highest BCUT2D eigenvalue weighted by molar-refractivity contribution is 6.06. The second kappa shape index (κ2) is 7.11. The topological polar surface area (TPSA) is 73.2 Å². The number of carbonyl (C=O) groups is 2. The Bertz CT molecular complexity index is 364. The second-order valence-electron chi connectivity index (χ2n) is 4.97. The number of amides is 2. The van der Waals surface area contributed by atoms with Crippen molar-refractivity contribution < 1.29 is 14.7 Å². The average molecular weight is 269 g/mol. The van der Waals surface area contributed by atoms with Crippen molar-refractivity contribution in [3.8, 4) is 0 Å². The highest BCUT2D eigenvalue weighted by Crippen LogP contribution is 2.16. The lowest BCUT2D eigenvalue weighted by Gasteiger charge is -2.16. The predicted molar refractivity (Wildman–Crippen MR) is 73.1 cm³/mol. The van der Waals surface area contributed by atoms with Crippen LogP contribution in [0.15, 0.2) is 5.10 Å². The Labute approximate surface area is 114 Å². The van der Waals surface area contributed by atoms with Crippen LogP contribution in [-0.4, -0.2) is 52.9 Å². The van der Waals surface area contributed by atoms with Crippen molar-refractivity contribution in [2.45, 2.75) is 39.5 Å². The standard InChI is InChI=1S/C13H23N3O3/c1-4-10(5-2)6-7-16-12(17)8-11(14-16)9-15(3)13(18)19/h10H,4-9H2,1-3H3,(H,18,19). The van der Waals surface area contributed by atoms with Crippen LogP contribution in [0.2, 0.25) is 0 Å². The van der Waals surface area contributed by atoms with Crippen molar-refractivity contribution in [2.75, 3.05) is 20.1 Å². The van der Waals surface area contributed by atoms with Crippen molar-refractivity contribution in [1.82, 2.24) is 9.91 Å². The number of hydrogen-bond donors (Lipinski definition) is 1. The van der Waals surface area contributed by atoms with Gasteiger partial charge in [-0.2, -0.15) is 5.10 Å². The van der Waals surface area contributed by atoms with Crippen LogP contribution in [-0.2, 0) is 4.79 Å². The fraction of sp³-hybridized carbons (Fsp3) is 0.769. The number of nitrogens with zero attached hydrogens (tertiary/aromatic N) is 3. The Morgan fingerprint density at radius 1 is 1.47 bits per heavy atom. The van der Waals surface area contributed by atoms with Gasteiger partial charge in [0.2, 0.25) is 5.91 Å². The fourth-order valence-electron chi connectivity index (χ4n) is 2.13. The molecule has 1 heterocycles. The zero-order valence-corrected chi connectivity index (χ0v) is 11.9. The summed E-state index contributed by atoms with van der Waals surface area (Å²) in [6, 6.07) is 0. The van der Waals surface area contributed by atoms with E-state index >= 15 is 0 Å². The Morgan fingerprint density at radius 3 is 2.63 bits per heavy atom. The van der Waals surface area contributed by atoms with E-state index in [2.05, 4.69) is 18.9 Å². The zero-order valence-electron chi connectivity index (χ0n) is 11.9. The molecule has 0 fully saturated rings. The summed E-state index contributed by atoms with van der Waals surface area (Å²) in [5, 5.41) is 14.5. The fourth-order valence-corrected chi connectivity index (χ4v) is 2.13. The van der Waals surface area contributed by atoms with E-state index in [4.69, 9.17) is 5.11 Å². The minimum Gasteiger partial charge on any atom is -0.465 e. The molecule has 0 saturated heterocycles. The number of rotatable bonds is 7. The molecule has 0 saturated carbocycles. The number of carboxylic acid groups (broad SMARTS) is 1. The van der Waals surface area contributed by atoms with Crippen molar-refractivity contribution in [3.63, 3.8) is 0 Å². The van der Waals surface area contributed by atoms with Crippen LogP contribution in [0.5, 0.6) is 0 Å². The van der Waals surface area contributed by atoms with Crippen LogP contribution in [0, 0.1) is 5.92 Å². The van der Waals surface area contributed by atoms with E-state index in [0.29, 0.717) is 18.2 Å². The maximum absolute atomic E-state index is 11.8. The molecule has 1 rings (SSSR count). The first-order valence-electron chi connectivity index (χ1n) is 6.78. The van der Waals surface area contributed by atoms with Crippen molar-refractivity contribution in [1.29, 1.82) is 0 Å². The van der Waals surface area contributed by atoms with Crippen molar-refractivity contribution >= 4 is 17.7 Å². The first-order chi connectivity index (χ1) is 8.97. The Hall–Kier alpha value is -1.59. The summed E-state index contributed by atoms with van der Waals surface area (Å²) in [6.45, 7) is 5.13. The van der Waals surface area contributed by atoms with Gasteiger partial charge in [-0.1, -0.05) is 26.7 Å². The van der Waals surface area contributed by atoms with Crippen LogP contribution in [0.4, 0.5) is 4.79 Å². The van der Waals surface area contributed by atoms with Crippen LogP contribution in [0.1, 0.15) is 39.5 Å². The molecule has 0 aromatic carbocycles. The first kappa shape index (κ1) is 15.5. The second-order valence-corrected chi connectivity index (χ2v) is 4.97. The SMILES string of the molecule is CCC(CC)CCN1N=C(CN(C)C(=O)O)CC1=O. The van der Waals surface area contributed by atoms with Crippen LogP contribution >= 0.6 is 0 Å². The molecule has 0 unspecified atom stereocenters. The normalized spacial score (nSPS) is 15.1. The zero-order chi connectivity index (χ0) is 14.4. The van der Waals surface area contributed by atoms with Gasteiger partial charge in [-0.25, -0.2) is 9.80 Å². The molecule has 6 nitrogen and oxygen atoms in total. The summed E-state index contributed by atoms with van der Waals surface area (Å²) >= 11 is 0. The molecule has 0 bridgehead atoms. The molecule has 2 amide bonds. The van der Waals surface area contributed by atoms with E-state index in [-0.39, 0.29) is 18.9 Å². The lowest BCUT2D eigenvalue weighted by Crippen LogP contribution is -2.30. The monoisotopic (exact) mass is 269 g/mol. The van der Waals surface area contributed by atoms with E-state index in [1.807, 2.05) is 0 Å². The largest absolute Gasteiger partial charge is 0.465 e.